The first-order chi connectivity index (χ1) is 16.9. The van der Waals surface area contributed by atoms with E-state index in [1.165, 1.54) is 38.5 Å². The molecule has 0 aliphatic heterocycles. The predicted octanol–water partition coefficient (Wildman–Crippen LogP) is 5.35. The Morgan fingerprint density at radius 2 is 1.83 bits per heavy atom. The van der Waals surface area contributed by atoms with Crippen LogP contribution in [0.3, 0.4) is 0 Å². The summed E-state index contributed by atoms with van der Waals surface area (Å²) in [5, 5.41) is 12.3. The number of amides is 1. The third kappa shape index (κ3) is 8.99. The SMILES string of the molecule is CSCCC(NC(=O)c1ccc(CN(C)CCC2CCCCC2)cc1-c1ccccc1C)C(=O)O.[LiH]. The molecule has 7 heteroatoms. The zero-order valence-corrected chi connectivity index (χ0v) is 22.2. The fraction of sp³-hybridized carbons (Fsp3) is 0.517. The van der Waals surface area contributed by atoms with Gasteiger partial charge in [-0.1, -0.05) is 62.4 Å². The maximum absolute atomic E-state index is 13.2. The zero-order valence-electron chi connectivity index (χ0n) is 21.4. The molecule has 0 radical (unpaired) electrons. The molecule has 192 valence electrons. The number of rotatable bonds is 12. The first-order valence-electron chi connectivity index (χ1n) is 12.8. The Hall–Kier alpha value is -1.71. The van der Waals surface area contributed by atoms with Crippen LogP contribution < -0.4 is 5.32 Å². The predicted molar refractivity (Wildman–Crippen MR) is 153 cm³/mol. The number of aliphatic carboxylic acids is 1. The molecule has 0 heterocycles. The summed E-state index contributed by atoms with van der Waals surface area (Å²) in [5.41, 5.74) is 4.61. The monoisotopic (exact) mass is 504 g/mol. The number of hydrogen-bond donors (Lipinski definition) is 2. The van der Waals surface area contributed by atoms with E-state index < -0.39 is 12.0 Å². The van der Waals surface area contributed by atoms with Crippen molar-refractivity contribution in [2.45, 2.75) is 64.5 Å². The molecule has 1 fully saturated rings. The van der Waals surface area contributed by atoms with Crippen LogP contribution in [0.25, 0.3) is 11.1 Å². The van der Waals surface area contributed by atoms with Crippen molar-refractivity contribution in [1.82, 2.24) is 10.2 Å². The van der Waals surface area contributed by atoms with Gasteiger partial charge in [-0.3, -0.25) is 4.79 Å². The van der Waals surface area contributed by atoms with Crippen molar-refractivity contribution in [2.75, 3.05) is 25.6 Å². The summed E-state index contributed by atoms with van der Waals surface area (Å²) in [6.45, 7) is 3.93. The third-order valence-electron chi connectivity index (χ3n) is 7.07. The van der Waals surface area contributed by atoms with Crippen molar-refractivity contribution in [3.8, 4) is 11.1 Å². The number of thioether (sulfide) groups is 1. The van der Waals surface area contributed by atoms with Gasteiger partial charge in [0.05, 0.1) is 0 Å². The van der Waals surface area contributed by atoms with Gasteiger partial charge < -0.3 is 15.3 Å². The number of carboxylic acid groups (broad SMARTS) is 1. The van der Waals surface area contributed by atoms with Crippen molar-refractivity contribution in [3.05, 3.63) is 59.2 Å². The van der Waals surface area contributed by atoms with E-state index in [1.807, 2.05) is 49.6 Å². The topological polar surface area (TPSA) is 69.6 Å². The summed E-state index contributed by atoms with van der Waals surface area (Å²) in [7, 11) is 2.17. The summed E-state index contributed by atoms with van der Waals surface area (Å²) < 4.78 is 0. The van der Waals surface area contributed by atoms with Crippen LogP contribution in [0, 0.1) is 12.8 Å². The number of nitrogens with one attached hydrogen (secondary N) is 1. The minimum absolute atomic E-state index is 0. The summed E-state index contributed by atoms with van der Waals surface area (Å²) in [4.78, 5) is 27.3. The zero-order chi connectivity index (χ0) is 25.2. The first kappa shape index (κ1) is 30.5. The Labute approximate surface area is 233 Å². The van der Waals surface area contributed by atoms with Crippen molar-refractivity contribution >= 4 is 42.5 Å². The maximum atomic E-state index is 13.2. The molecule has 1 aliphatic rings. The van der Waals surface area contributed by atoms with E-state index in [1.54, 1.807) is 11.8 Å². The number of nitrogens with zero attached hydrogens (tertiary/aromatic N) is 1. The average Bonchev–Trinajstić information content (AvgIpc) is 2.86. The number of carbonyl (C=O) groups is 2. The molecule has 5 nitrogen and oxygen atoms in total. The van der Waals surface area contributed by atoms with E-state index in [0.717, 1.165) is 41.3 Å². The van der Waals surface area contributed by atoms with Crippen LogP contribution in [0.15, 0.2) is 42.5 Å². The average molecular weight is 505 g/mol. The summed E-state index contributed by atoms with van der Waals surface area (Å²) in [5.74, 6) is 0.191. The fourth-order valence-corrected chi connectivity index (χ4v) is 5.46. The van der Waals surface area contributed by atoms with Crippen LogP contribution in [-0.2, 0) is 11.3 Å². The van der Waals surface area contributed by atoms with Crippen LogP contribution in [-0.4, -0.2) is 72.4 Å². The summed E-state index contributed by atoms with van der Waals surface area (Å²) >= 11 is 1.57. The normalized spacial score (nSPS) is 14.8. The van der Waals surface area contributed by atoms with Gasteiger partial charge in [-0.15, -0.1) is 0 Å². The second-order valence-corrected chi connectivity index (χ2v) is 10.9. The second kappa shape index (κ2) is 15.5. The Morgan fingerprint density at radius 1 is 1.11 bits per heavy atom. The van der Waals surface area contributed by atoms with Gasteiger partial charge in [0.25, 0.3) is 5.91 Å². The number of aryl methyl sites for hydroxylation is 1. The van der Waals surface area contributed by atoms with Crippen LogP contribution in [0.2, 0.25) is 0 Å². The van der Waals surface area contributed by atoms with Crippen LogP contribution in [0.5, 0.6) is 0 Å². The van der Waals surface area contributed by atoms with Crippen LogP contribution in [0.1, 0.15) is 66.4 Å². The van der Waals surface area contributed by atoms with Gasteiger partial charge in [-0.25, -0.2) is 4.79 Å². The number of carbonyl (C=O) groups excluding carboxylic acids is 1. The van der Waals surface area contributed by atoms with Crippen LogP contribution in [0.4, 0.5) is 0 Å². The van der Waals surface area contributed by atoms with Crippen molar-refractivity contribution in [3.63, 3.8) is 0 Å². The number of hydrogen-bond acceptors (Lipinski definition) is 4. The Balaban J connectivity index is 0.00000456. The number of benzene rings is 2. The molecule has 2 aromatic carbocycles. The molecular weight excluding hydrogens is 463 g/mol. The molecule has 1 unspecified atom stereocenters. The molecule has 36 heavy (non-hydrogen) atoms. The van der Waals surface area contributed by atoms with E-state index in [9.17, 15) is 14.7 Å². The van der Waals surface area contributed by atoms with Crippen molar-refractivity contribution in [2.24, 2.45) is 5.92 Å². The summed E-state index contributed by atoms with van der Waals surface area (Å²) in [6.07, 6.45) is 10.4. The van der Waals surface area contributed by atoms with Gasteiger partial charge in [0.1, 0.15) is 6.04 Å². The molecule has 2 aromatic rings. The Bertz CT molecular complexity index is 994. The molecule has 1 saturated carbocycles. The number of carboxylic acids is 1. The van der Waals surface area contributed by atoms with Crippen molar-refractivity contribution in [1.29, 1.82) is 0 Å². The van der Waals surface area contributed by atoms with Crippen LogP contribution >= 0.6 is 11.8 Å². The molecule has 0 aromatic heterocycles. The summed E-state index contributed by atoms with van der Waals surface area (Å²) in [6, 6.07) is 13.1. The Kier molecular flexibility index (Phi) is 13.2. The fourth-order valence-electron chi connectivity index (χ4n) is 4.98. The van der Waals surface area contributed by atoms with Gasteiger partial charge in [-0.2, -0.15) is 11.8 Å². The minimum atomic E-state index is -0.999. The van der Waals surface area contributed by atoms with Gasteiger partial charge in [0, 0.05) is 12.1 Å². The quantitative estimate of drug-likeness (QED) is 0.381. The molecule has 0 saturated heterocycles. The molecule has 2 N–H and O–H groups in total. The van der Waals surface area contributed by atoms with Gasteiger partial charge in [0.15, 0.2) is 0 Å². The molecular formula is C29H41LiN2O3S. The second-order valence-electron chi connectivity index (χ2n) is 9.87. The third-order valence-corrected chi connectivity index (χ3v) is 7.72. The van der Waals surface area contributed by atoms with E-state index in [2.05, 4.69) is 23.3 Å². The molecule has 0 spiro atoms. The molecule has 1 atom stereocenters. The molecule has 1 aliphatic carbocycles. The van der Waals surface area contributed by atoms with E-state index in [0.29, 0.717) is 17.7 Å². The first-order valence-corrected chi connectivity index (χ1v) is 14.2. The van der Waals surface area contributed by atoms with E-state index >= 15 is 0 Å². The molecule has 0 bridgehead atoms. The van der Waals surface area contributed by atoms with Crippen molar-refractivity contribution < 1.29 is 14.7 Å². The standard InChI is InChI=1S/C29H40N2O3S.Li.H/c1-21-9-7-8-12-24(21)26-19-23(20-31(2)17-15-22-10-5-4-6-11-22)13-14-25(26)28(32)30-27(29(33)34)16-18-35-3;;/h7-9,12-14,19,22,27H,4-6,10-11,15-18,20H2,1-3H3,(H,30,32)(H,33,34);;. The molecule has 3 rings (SSSR count). The van der Waals surface area contributed by atoms with Gasteiger partial charge in [-0.05, 0) is 85.7 Å². The van der Waals surface area contributed by atoms with Gasteiger partial charge in [0.2, 0.25) is 0 Å². The van der Waals surface area contributed by atoms with E-state index in [4.69, 9.17) is 0 Å². The Morgan fingerprint density at radius 3 is 2.50 bits per heavy atom. The van der Waals surface area contributed by atoms with Gasteiger partial charge >= 0.3 is 24.8 Å². The molecule has 1 amide bonds. The van der Waals surface area contributed by atoms with E-state index in [-0.39, 0.29) is 24.8 Å².